The highest BCUT2D eigenvalue weighted by molar-refractivity contribution is 6.13. The van der Waals surface area contributed by atoms with E-state index in [2.05, 4.69) is 289 Å². The second kappa shape index (κ2) is 19.3. The van der Waals surface area contributed by atoms with Crippen LogP contribution >= 0.6 is 0 Å². The quantitative estimate of drug-likeness (QED) is 0.150. The van der Waals surface area contributed by atoms with Gasteiger partial charge in [-0.05, 0) is 157 Å². The Morgan fingerprint density at radius 3 is 1.89 bits per heavy atom. The summed E-state index contributed by atoms with van der Waals surface area (Å²) in [5.74, 6) is 0.572. The molecule has 0 fully saturated rings. The first kappa shape index (κ1) is 48.2. The first-order chi connectivity index (χ1) is 41.2. The zero-order valence-electron chi connectivity index (χ0n) is 46.5. The highest BCUT2D eigenvalue weighted by Gasteiger charge is 2.54. The van der Waals surface area contributed by atoms with Crippen LogP contribution in [-0.2, 0) is 5.41 Å². The molecule has 1 aliphatic heterocycles. The van der Waals surface area contributed by atoms with Crippen LogP contribution in [0.3, 0.4) is 0 Å². The van der Waals surface area contributed by atoms with Gasteiger partial charge in [0.2, 0.25) is 0 Å². The van der Waals surface area contributed by atoms with Crippen molar-refractivity contribution < 1.29 is 0 Å². The number of fused-ring (bicyclic) bond motifs is 14. The standard InChI is InChI=1S/C81H62N2/c1-4-22-53(23-5-1)55-42-45-58(46-43-55)82(78-41-21-39-73-80(78)68-34-16-19-38-72(68)81(73)70-36-17-14-30-64(70)65-31-15-18-37-71(65)81)74-50-47-62(60-28-10-12-32-66(60)74)63-48-51-75(67-33-13-11-29-61(63)67)83-76-49-44-57(54-24-6-2-7-25-54)52-69(76)79-59(35-20-40-77(79)83)56-26-8-3-9-27-56/h1,3-6,8-20,22,24-38,40-45,47-53,58,77,79H,2,7,21,23,39,46H2. The lowest BCUT2D eigenvalue weighted by Crippen LogP contribution is -2.36. The molecule has 0 N–H and O–H groups in total. The molecular formula is C81H62N2. The van der Waals surface area contributed by atoms with Gasteiger partial charge in [0, 0.05) is 50.9 Å². The minimum Gasteiger partial charge on any atom is -0.333 e. The van der Waals surface area contributed by atoms with Gasteiger partial charge in [-0.1, -0.05) is 255 Å². The Balaban J connectivity index is 0.822. The van der Waals surface area contributed by atoms with E-state index in [0.717, 1.165) is 38.5 Å². The van der Waals surface area contributed by atoms with Crippen LogP contribution in [-0.4, -0.2) is 12.1 Å². The van der Waals surface area contributed by atoms with Gasteiger partial charge in [-0.15, -0.1) is 0 Å². The lowest BCUT2D eigenvalue weighted by molar-refractivity contribution is 0.698. The van der Waals surface area contributed by atoms with E-state index in [0.29, 0.717) is 5.92 Å². The summed E-state index contributed by atoms with van der Waals surface area (Å²) in [4.78, 5) is 5.41. The van der Waals surface area contributed by atoms with Crippen molar-refractivity contribution in [3.63, 3.8) is 0 Å². The van der Waals surface area contributed by atoms with E-state index in [1.165, 1.54) is 133 Å². The lowest BCUT2D eigenvalue weighted by Gasteiger charge is -2.39. The molecule has 0 aromatic heterocycles. The van der Waals surface area contributed by atoms with Gasteiger partial charge in [-0.3, -0.25) is 0 Å². The topological polar surface area (TPSA) is 6.48 Å². The van der Waals surface area contributed by atoms with Crippen LogP contribution < -0.4 is 9.80 Å². The van der Waals surface area contributed by atoms with Gasteiger partial charge in [-0.2, -0.15) is 0 Å². The van der Waals surface area contributed by atoms with Crippen LogP contribution in [0.2, 0.25) is 0 Å². The summed E-state index contributed by atoms with van der Waals surface area (Å²) in [5, 5.41) is 5.03. The number of nitrogens with zero attached hydrogens (tertiary/aromatic N) is 2. The van der Waals surface area contributed by atoms with Gasteiger partial charge < -0.3 is 9.80 Å². The maximum absolute atomic E-state index is 2.76. The number of hydrogen-bond donors (Lipinski definition) is 0. The molecule has 1 spiro atoms. The normalized spacial score (nSPS) is 21.0. The maximum Gasteiger partial charge on any atom is 0.0689 e. The molecule has 7 aliphatic carbocycles. The molecule has 2 heteroatoms. The van der Waals surface area contributed by atoms with Gasteiger partial charge in [0.1, 0.15) is 0 Å². The maximum atomic E-state index is 2.76. The van der Waals surface area contributed by atoms with Gasteiger partial charge in [0.15, 0.2) is 0 Å². The largest absolute Gasteiger partial charge is 0.333 e. The van der Waals surface area contributed by atoms with Crippen LogP contribution in [0.25, 0.3) is 60.5 Å². The summed E-state index contributed by atoms with van der Waals surface area (Å²) in [6.07, 6.45) is 39.4. The fraction of sp³-hybridized carbons (Fsp3) is 0.136. The van der Waals surface area contributed by atoms with Crippen molar-refractivity contribution in [1.29, 1.82) is 0 Å². The predicted molar refractivity (Wildman–Crippen MR) is 349 cm³/mol. The number of allylic oxidation sites excluding steroid dienone is 15. The average molecular weight is 1060 g/mol. The van der Waals surface area contributed by atoms with Crippen molar-refractivity contribution in [1.82, 2.24) is 0 Å². The van der Waals surface area contributed by atoms with E-state index in [9.17, 15) is 0 Å². The molecule has 0 amide bonds. The number of rotatable bonds is 8. The van der Waals surface area contributed by atoms with Crippen molar-refractivity contribution in [2.75, 3.05) is 9.80 Å². The number of benzene rings is 9. The third-order valence-corrected chi connectivity index (χ3v) is 19.6. The Labute approximate surface area is 487 Å². The van der Waals surface area contributed by atoms with Crippen molar-refractivity contribution in [3.05, 3.63) is 335 Å². The van der Waals surface area contributed by atoms with E-state index >= 15 is 0 Å². The van der Waals surface area contributed by atoms with E-state index in [-0.39, 0.29) is 23.4 Å². The molecule has 9 aromatic rings. The molecule has 4 unspecified atom stereocenters. The van der Waals surface area contributed by atoms with Crippen molar-refractivity contribution in [2.45, 2.75) is 61.9 Å². The molecular weight excluding hydrogens is 1000 g/mol. The summed E-state index contributed by atoms with van der Waals surface area (Å²) < 4.78 is 0. The Morgan fingerprint density at radius 2 is 1.16 bits per heavy atom. The average Bonchev–Trinajstić information content (AvgIpc) is 1.99. The van der Waals surface area contributed by atoms with E-state index in [1.807, 2.05) is 0 Å². The molecule has 0 bridgehead atoms. The van der Waals surface area contributed by atoms with Crippen LogP contribution in [0.5, 0.6) is 0 Å². The Morgan fingerprint density at radius 1 is 0.470 bits per heavy atom. The molecule has 2 nitrogen and oxygen atoms in total. The Hall–Kier alpha value is -9.50. The van der Waals surface area contributed by atoms with Gasteiger partial charge in [-0.25, -0.2) is 0 Å². The molecule has 396 valence electrons. The highest BCUT2D eigenvalue weighted by atomic mass is 15.2. The first-order valence-electron chi connectivity index (χ1n) is 30.2. The van der Waals surface area contributed by atoms with Gasteiger partial charge in [0.05, 0.1) is 17.5 Å². The summed E-state index contributed by atoms with van der Waals surface area (Å²) in [6.45, 7) is 0. The SMILES string of the molecule is C1=CCC(C2=CCC(N(C3=CCCC4=C3c3ccccc3C43c4ccccc4-c4ccccc43)c3ccc(-c4ccc(N5c6ccc(C7=CCCC=C7)cc6C6C(c7ccccc7)=CC=CC65)c5ccccc45)c4ccccc34)C=C2)C=C1. The molecule has 0 saturated heterocycles. The number of anilines is 3. The molecule has 1 heterocycles. The van der Waals surface area contributed by atoms with Crippen LogP contribution in [0.15, 0.2) is 296 Å². The van der Waals surface area contributed by atoms with E-state index in [1.54, 1.807) is 0 Å². The molecule has 9 aromatic carbocycles. The smallest absolute Gasteiger partial charge is 0.0689 e. The summed E-state index contributed by atoms with van der Waals surface area (Å²) in [5.41, 5.74) is 26.5. The Bertz CT molecular complexity index is 4490. The minimum atomic E-state index is -0.362. The highest BCUT2D eigenvalue weighted by Crippen LogP contribution is 2.65. The lowest BCUT2D eigenvalue weighted by atomic mass is 9.68. The van der Waals surface area contributed by atoms with Crippen LogP contribution in [0.1, 0.15) is 83.4 Å². The van der Waals surface area contributed by atoms with Crippen LogP contribution in [0.4, 0.5) is 17.1 Å². The molecule has 0 saturated carbocycles. The van der Waals surface area contributed by atoms with E-state index in [4.69, 9.17) is 0 Å². The molecule has 83 heavy (non-hydrogen) atoms. The second-order valence-electron chi connectivity index (χ2n) is 23.7. The summed E-state index contributed by atoms with van der Waals surface area (Å²) in [7, 11) is 0. The van der Waals surface area contributed by atoms with Crippen LogP contribution in [0, 0.1) is 5.92 Å². The fourth-order valence-electron chi connectivity index (χ4n) is 16.2. The molecule has 4 atom stereocenters. The molecule has 8 aliphatic rings. The zero-order valence-corrected chi connectivity index (χ0v) is 46.5. The van der Waals surface area contributed by atoms with Crippen molar-refractivity contribution >= 4 is 55.3 Å². The van der Waals surface area contributed by atoms with Crippen molar-refractivity contribution in [3.8, 4) is 22.3 Å². The monoisotopic (exact) mass is 1060 g/mol. The summed E-state index contributed by atoms with van der Waals surface area (Å²) >= 11 is 0. The van der Waals surface area contributed by atoms with E-state index < -0.39 is 0 Å². The fourth-order valence-corrected chi connectivity index (χ4v) is 16.2. The molecule has 0 radical (unpaired) electrons. The van der Waals surface area contributed by atoms with Crippen molar-refractivity contribution in [2.24, 2.45) is 5.92 Å². The zero-order chi connectivity index (χ0) is 54.6. The number of hydrogen-bond acceptors (Lipinski definition) is 2. The minimum absolute atomic E-state index is 0.0892. The summed E-state index contributed by atoms with van der Waals surface area (Å²) in [6, 6.07) is 74.6. The molecule has 17 rings (SSSR count). The second-order valence-corrected chi connectivity index (χ2v) is 23.7. The third-order valence-electron chi connectivity index (χ3n) is 19.6. The third kappa shape index (κ3) is 7.28. The van der Waals surface area contributed by atoms with Gasteiger partial charge in [0.25, 0.3) is 0 Å². The predicted octanol–water partition coefficient (Wildman–Crippen LogP) is 20.3. The van der Waals surface area contributed by atoms with Gasteiger partial charge >= 0.3 is 0 Å². The Kier molecular flexibility index (Phi) is 11.2. The first-order valence-corrected chi connectivity index (χ1v) is 30.2.